The largest absolute Gasteiger partial charge is 0.331 e. The van der Waals surface area contributed by atoms with Crippen LogP contribution >= 0.6 is 11.6 Å². The molecule has 0 bridgehead atoms. The van der Waals surface area contributed by atoms with Crippen molar-refractivity contribution in [1.29, 1.82) is 0 Å². The van der Waals surface area contributed by atoms with Crippen molar-refractivity contribution < 1.29 is 9.59 Å². The average molecular weight is 330 g/mol. The SMILES string of the molecule is C[C@@H](NC(=O)Nc1cccc(Cl)c1)c1ccc2c(c1)CC(=O)N2. The van der Waals surface area contributed by atoms with Gasteiger partial charge in [-0.1, -0.05) is 29.8 Å². The first-order valence-corrected chi connectivity index (χ1v) is 7.65. The number of carbonyl (C=O) groups excluding carboxylic acids is 2. The van der Waals surface area contributed by atoms with E-state index in [1.165, 1.54) is 0 Å². The second-order valence-corrected chi connectivity index (χ2v) is 5.91. The van der Waals surface area contributed by atoms with Crippen molar-refractivity contribution in [1.82, 2.24) is 5.32 Å². The second-order valence-electron chi connectivity index (χ2n) is 5.47. The van der Waals surface area contributed by atoms with Crippen molar-refractivity contribution in [2.45, 2.75) is 19.4 Å². The zero-order valence-electron chi connectivity index (χ0n) is 12.5. The van der Waals surface area contributed by atoms with Crippen LogP contribution in [0.15, 0.2) is 42.5 Å². The van der Waals surface area contributed by atoms with E-state index in [0.717, 1.165) is 16.8 Å². The quantitative estimate of drug-likeness (QED) is 0.803. The molecule has 118 valence electrons. The van der Waals surface area contributed by atoms with E-state index in [9.17, 15) is 9.59 Å². The monoisotopic (exact) mass is 329 g/mol. The predicted molar refractivity (Wildman–Crippen MR) is 90.8 cm³/mol. The predicted octanol–water partition coefficient (Wildman–Crippen LogP) is 3.72. The molecule has 0 fully saturated rings. The Balaban J connectivity index is 1.65. The number of hydrogen-bond acceptors (Lipinski definition) is 2. The van der Waals surface area contributed by atoms with Crippen molar-refractivity contribution in [3.63, 3.8) is 0 Å². The Morgan fingerprint density at radius 3 is 2.87 bits per heavy atom. The highest BCUT2D eigenvalue weighted by molar-refractivity contribution is 6.30. The number of nitrogens with one attached hydrogen (secondary N) is 3. The molecule has 1 aliphatic rings. The van der Waals surface area contributed by atoms with Crippen LogP contribution in [0.3, 0.4) is 0 Å². The van der Waals surface area contributed by atoms with E-state index in [2.05, 4.69) is 16.0 Å². The van der Waals surface area contributed by atoms with Crippen molar-refractivity contribution in [2.24, 2.45) is 0 Å². The molecule has 2 aromatic rings. The normalized spacial score (nSPS) is 13.9. The Kier molecular flexibility index (Phi) is 4.21. The maximum atomic E-state index is 12.1. The Bertz CT molecular complexity index is 776. The standard InChI is InChI=1S/C17H16ClN3O2/c1-10(11-5-6-15-12(7-11)8-16(22)21-15)19-17(23)20-14-4-2-3-13(18)9-14/h2-7,9-10H,8H2,1H3,(H,21,22)(H2,19,20,23)/t10-/m1/s1. The molecule has 2 aromatic carbocycles. The average Bonchev–Trinajstić information content (AvgIpc) is 2.86. The first kappa shape index (κ1) is 15.4. The maximum Gasteiger partial charge on any atom is 0.319 e. The minimum absolute atomic E-state index is 0.00328. The van der Waals surface area contributed by atoms with E-state index in [0.29, 0.717) is 17.1 Å². The fraction of sp³-hybridized carbons (Fsp3) is 0.176. The number of anilines is 2. The van der Waals surface area contributed by atoms with Gasteiger partial charge in [0.1, 0.15) is 0 Å². The summed E-state index contributed by atoms with van der Waals surface area (Å²) >= 11 is 5.89. The van der Waals surface area contributed by atoms with E-state index in [1.54, 1.807) is 24.3 Å². The molecule has 0 aromatic heterocycles. The molecule has 1 atom stereocenters. The molecule has 3 amide bonds. The van der Waals surface area contributed by atoms with Gasteiger partial charge in [0, 0.05) is 16.4 Å². The van der Waals surface area contributed by atoms with Crippen LogP contribution < -0.4 is 16.0 Å². The summed E-state index contributed by atoms with van der Waals surface area (Å²) < 4.78 is 0. The molecule has 5 nitrogen and oxygen atoms in total. The Morgan fingerprint density at radius 1 is 1.26 bits per heavy atom. The number of rotatable bonds is 3. The van der Waals surface area contributed by atoms with Crippen molar-refractivity contribution in [3.8, 4) is 0 Å². The summed E-state index contributed by atoms with van der Waals surface area (Å²) in [7, 11) is 0. The zero-order valence-corrected chi connectivity index (χ0v) is 13.3. The van der Waals surface area contributed by atoms with E-state index >= 15 is 0 Å². The summed E-state index contributed by atoms with van der Waals surface area (Å²) in [6.07, 6.45) is 0.380. The van der Waals surface area contributed by atoms with Crippen molar-refractivity contribution in [3.05, 3.63) is 58.6 Å². The smallest absolute Gasteiger partial charge is 0.319 e. The molecule has 0 saturated carbocycles. The molecular formula is C17H16ClN3O2. The molecule has 0 spiro atoms. The Morgan fingerprint density at radius 2 is 2.09 bits per heavy atom. The lowest BCUT2D eigenvalue weighted by Crippen LogP contribution is -2.31. The molecule has 6 heteroatoms. The Hall–Kier alpha value is -2.53. The van der Waals surface area contributed by atoms with Gasteiger partial charge in [-0.25, -0.2) is 4.79 Å². The molecule has 0 radical (unpaired) electrons. The maximum absolute atomic E-state index is 12.1. The van der Waals surface area contributed by atoms with Gasteiger partial charge < -0.3 is 16.0 Å². The molecule has 0 unspecified atom stereocenters. The highest BCUT2D eigenvalue weighted by Crippen LogP contribution is 2.26. The van der Waals surface area contributed by atoms with Crippen LogP contribution in [-0.4, -0.2) is 11.9 Å². The molecule has 1 heterocycles. The number of hydrogen-bond donors (Lipinski definition) is 3. The van der Waals surface area contributed by atoms with Crippen LogP contribution in [0.25, 0.3) is 0 Å². The minimum Gasteiger partial charge on any atom is -0.331 e. The number of halogens is 1. The van der Waals surface area contributed by atoms with Gasteiger partial charge in [0.05, 0.1) is 12.5 Å². The van der Waals surface area contributed by atoms with Crippen LogP contribution in [0, 0.1) is 0 Å². The highest BCUT2D eigenvalue weighted by Gasteiger charge is 2.19. The van der Waals surface area contributed by atoms with Gasteiger partial charge in [-0.3, -0.25) is 4.79 Å². The first-order chi connectivity index (χ1) is 11.0. The molecule has 0 saturated heterocycles. The second kappa shape index (κ2) is 6.30. The van der Waals surface area contributed by atoms with Gasteiger partial charge in [0.2, 0.25) is 5.91 Å². The number of carbonyl (C=O) groups is 2. The lowest BCUT2D eigenvalue weighted by atomic mass is 10.0. The Labute approximate surface area is 139 Å². The van der Waals surface area contributed by atoms with E-state index in [4.69, 9.17) is 11.6 Å². The minimum atomic E-state index is -0.311. The summed E-state index contributed by atoms with van der Waals surface area (Å²) in [5.74, 6) is -0.00328. The molecule has 23 heavy (non-hydrogen) atoms. The third-order valence-electron chi connectivity index (χ3n) is 3.68. The van der Waals surface area contributed by atoms with Crippen LogP contribution in [-0.2, 0) is 11.2 Å². The van der Waals surface area contributed by atoms with E-state index in [1.807, 2.05) is 25.1 Å². The fourth-order valence-electron chi connectivity index (χ4n) is 2.53. The summed E-state index contributed by atoms with van der Waals surface area (Å²) in [5, 5.41) is 8.96. The van der Waals surface area contributed by atoms with Gasteiger partial charge in [-0.2, -0.15) is 0 Å². The number of amides is 3. The van der Waals surface area contributed by atoms with Crippen LogP contribution in [0.5, 0.6) is 0 Å². The highest BCUT2D eigenvalue weighted by atomic mass is 35.5. The summed E-state index contributed by atoms with van der Waals surface area (Å²) in [4.78, 5) is 23.4. The lowest BCUT2D eigenvalue weighted by molar-refractivity contribution is -0.115. The van der Waals surface area contributed by atoms with E-state index in [-0.39, 0.29) is 18.0 Å². The molecule has 0 aliphatic carbocycles. The lowest BCUT2D eigenvalue weighted by Gasteiger charge is -2.16. The van der Waals surface area contributed by atoms with Crippen LogP contribution in [0.2, 0.25) is 5.02 Å². The van der Waals surface area contributed by atoms with Crippen molar-refractivity contribution >= 4 is 34.9 Å². The number of fused-ring (bicyclic) bond motifs is 1. The summed E-state index contributed by atoms with van der Waals surface area (Å²) in [6, 6.07) is 12.2. The number of benzene rings is 2. The van der Waals surface area contributed by atoms with Crippen LogP contribution in [0.4, 0.5) is 16.2 Å². The van der Waals surface area contributed by atoms with Gasteiger partial charge in [-0.15, -0.1) is 0 Å². The van der Waals surface area contributed by atoms with Crippen molar-refractivity contribution in [2.75, 3.05) is 10.6 Å². The molecular weight excluding hydrogens is 314 g/mol. The third kappa shape index (κ3) is 3.63. The molecule has 3 N–H and O–H groups in total. The topological polar surface area (TPSA) is 70.2 Å². The zero-order chi connectivity index (χ0) is 16.4. The van der Waals surface area contributed by atoms with Gasteiger partial charge in [0.25, 0.3) is 0 Å². The molecule has 1 aliphatic heterocycles. The van der Waals surface area contributed by atoms with Gasteiger partial charge >= 0.3 is 6.03 Å². The summed E-state index contributed by atoms with van der Waals surface area (Å²) in [5.41, 5.74) is 3.37. The number of urea groups is 1. The van der Waals surface area contributed by atoms with E-state index < -0.39 is 0 Å². The molecule has 3 rings (SSSR count). The first-order valence-electron chi connectivity index (χ1n) is 7.27. The van der Waals surface area contributed by atoms with Crippen LogP contribution in [0.1, 0.15) is 24.1 Å². The van der Waals surface area contributed by atoms with Gasteiger partial charge in [0.15, 0.2) is 0 Å². The fourth-order valence-corrected chi connectivity index (χ4v) is 2.72. The van der Waals surface area contributed by atoms with Gasteiger partial charge in [-0.05, 0) is 42.3 Å². The summed E-state index contributed by atoms with van der Waals surface area (Å²) in [6.45, 7) is 1.89. The third-order valence-corrected chi connectivity index (χ3v) is 3.92.